The van der Waals surface area contributed by atoms with Gasteiger partial charge in [0.15, 0.2) is 5.82 Å². The third-order valence-electron chi connectivity index (χ3n) is 4.58. The standard InChI is InChI=1S/C19H18N6O2/c26-17-10-15(23-18(24-17)16-11-20-7-8-22-16)13-4-3-9-25(12-13)19(27)14-5-1-2-6-21-14/h1-2,5-8,10-11,13H,3-4,9,12H2,(H,23,24,26). The first-order valence-corrected chi connectivity index (χ1v) is 8.78. The Bertz CT molecular complexity index is 990. The second kappa shape index (κ2) is 7.45. The highest BCUT2D eigenvalue weighted by atomic mass is 16.2. The molecular formula is C19H18N6O2. The molecule has 3 aromatic rings. The van der Waals surface area contributed by atoms with E-state index in [1.807, 2.05) is 0 Å². The molecule has 1 unspecified atom stereocenters. The normalized spacial score (nSPS) is 16.9. The van der Waals surface area contributed by atoms with Crippen LogP contribution in [0.2, 0.25) is 0 Å². The second-order valence-corrected chi connectivity index (χ2v) is 6.41. The van der Waals surface area contributed by atoms with Crippen LogP contribution in [0.3, 0.4) is 0 Å². The van der Waals surface area contributed by atoms with E-state index in [1.165, 1.54) is 6.07 Å². The molecule has 1 N–H and O–H groups in total. The van der Waals surface area contributed by atoms with Crippen LogP contribution in [0.4, 0.5) is 0 Å². The third-order valence-corrected chi connectivity index (χ3v) is 4.58. The summed E-state index contributed by atoms with van der Waals surface area (Å²) in [4.78, 5) is 46.2. The SMILES string of the molecule is O=C(c1ccccn1)N1CCCC(c2cc(=O)[nH]c(-c3cnccn3)n2)C1. The molecule has 1 amide bonds. The largest absolute Gasteiger partial charge is 0.337 e. The van der Waals surface area contributed by atoms with E-state index >= 15 is 0 Å². The molecule has 0 bridgehead atoms. The van der Waals surface area contributed by atoms with Gasteiger partial charge in [0, 0.05) is 43.7 Å². The lowest BCUT2D eigenvalue weighted by atomic mass is 9.94. The van der Waals surface area contributed by atoms with Crippen molar-refractivity contribution in [3.63, 3.8) is 0 Å². The lowest BCUT2D eigenvalue weighted by molar-refractivity contribution is 0.0700. The highest BCUT2D eigenvalue weighted by molar-refractivity contribution is 5.92. The minimum atomic E-state index is -0.242. The molecule has 1 aliphatic rings. The maximum absolute atomic E-state index is 12.7. The van der Waals surface area contributed by atoms with Crippen LogP contribution in [0, 0.1) is 0 Å². The van der Waals surface area contributed by atoms with Gasteiger partial charge in [-0.2, -0.15) is 0 Å². The number of amides is 1. The van der Waals surface area contributed by atoms with Gasteiger partial charge >= 0.3 is 0 Å². The summed E-state index contributed by atoms with van der Waals surface area (Å²) >= 11 is 0. The molecule has 0 saturated carbocycles. The Balaban J connectivity index is 1.59. The Morgan fingerprint density at radius 1 is 1.19 bits per heavy atom. The summed E-state index contributed by atoms with van der Waals surface area (Å²) in [5, 5.41) is 0. The first-order chi connectivity index (χ1) is 13.2. The fourth-order valence-corrected chi connectivity index (χ4v) is 3.28. The fraction of sp³-hybridized carbons (Fsp3) is 0.263. The highest BCUT2D eigenvalue weighted by Crippen LogP contribution is 2.26. The predicted octanol–water partition coefficient (Wildman–Crippen LogP) is 1.64. The molecule has 0 radical (unpaired) electrons. The zero-order valence-electron chi connectivity index (χ0n) is 14.6. The minimum absolute atomic E-state index is 0.0101. The van der Waals surface area contributed by atoms with E-state index in [9.17, 15) is 9.59 Å². The van der Waals surface area contributed by atoms with Gasteiger partial charge in [-0.3, -0.25) is 19.6 Å². The molecule has 3 aromatic heterocycles. The summed E-state index contributed by atoms with van der Waals surface area (Å²) in [6.45, 7) is 1.18. The summed E-state index contributed by atoms with van der Waals surface area (Å²) in [6.07, 6.45) is 7.99. The van der Waals surface area contributed by atoms with E-state index in [0.717, 1.165) is 12.8 Å². The van der Waals surface area contributed by atoms with Crippen LogP contribution >= 0.6 is 0 Å². The molecule has 1 saturated heterocycles. The van der Waals surface area contributed by atoms with Crippen molar-refractivity contribution in [2.75, 3.05) is 13.1 Å². The molecule has 8 heteroatoms. The van der Waals surface area contributed by atoms with Crippen molar-refractivity contribution in [2.45, 2.75) is 18.8 Å². The van der Waals surface area contributed by atoms with Gasteiger partial charge in [0.05, 0.1) is 11.9 Å². The summed E-state index contributed by atoms with van der Waals surface area (Å²) in [5.41, 5.74) is 1.36. The number of carbonyl (C=O) groups is 1. The number of hydrogen-bond donors (Lipinski definition) is 1. The first-order valence-electron chi connectivity index (χ1n) is 8.78. The van der Waals surface area contributed by atoms with Crippen molar-refractivity contribution < 1.29 is 4.79 Å². The van der Waals surface area contributed by atoms with Gasteiger partial charge in [0.1, 0.15) is 11.4 Å². The molecule has 1 aliphatic heterocycles. The first kappa shape index (κ1) is 17.0. The van der Waals surface area contributed by atoms with Crippen molar-refractivity contribution in [3.05, 3.63) is 70.8 Å². The summed E-state index contributed by atoms with van der Waals surface area (Å²) < 4.78 is 0. The molecule has 27 heavy (non-hydrogen) atoms. The van der Waals surface area contributed by atoms with Gasteiger partial charge < -0.3 is 9.88 Å². The van der Waals surface area contributed by atoms with Crippen LogP contribution in [-0.4, -0.2) is 48.8 Å². The maximum atomic E-state index is 12.7. The van der Waals surface area contributed by atoms with Crippen molar-refractivity contribution in [2.24, 2.45) is 0 Å². The number of piperidine rings is 1. The van der Waals surface area contributed by atoms with E-state index in [-0.39, 0.29) is 17.4 Å². The van der Waals surface area contributed by atoms with Gasteiger partial charge in [-0.25, -0.2) is 9.97 Å². The van der Waals surface area contributed by atoms with Crippen LogP contribution in [0.5, 0.6) is 0 Å². The van der Waals surface area contributed by atoms with Crippen molar-refractivity contribution >= 4 is 5.91 Å². The molecule has 0 aromatic carbocycles. The van der Waals surface area contributed by atoms with Crippen LogP contribution < -0.4 is 5.56 Å². The van der Waals surface area contributed by atoms with Crippen molar-refractivity contribution in [3.8, 4) is 11.5 Å². The van der Waals surface area contributed by atoms with E-state index in [2.05, 4.69) is 24.9 Å². The smallest absolute Gasteiger partial charge is 0.272 e. The zero-order chi connectivity index (χ0) is 18.6. The lowest BCUT2D eigenvalue weighted by Gasteiger charge is -2.32. The topological polar surface area (TPSA) is 105 Å². The third kappa shape index (κ3) is 3.74. The van der Waals surface area contributed by atoms with Gasteiger partial charge in [0.2, 0.25) is 0 Å². The van der Waals surface area contributed by atoms with Crippen LogP contribution in [-0.2, 0) is 0 Å². The van der Waals surface area contributed by atoms with E-state index < -0.39 is 0 Å². The Morgan fingerprint density at radius 3 is 2.89 bits per heavy atom. The second-order valence-electron chi connectivity index (χ2n) is 6.41. The predicted molar refractivity (Wildman–Crippen MR) is 98.0 cm³/mol. The number of nitrogens with one attached hydrogen (secondary N) is 1. The Kier molecular flexibility index (Phi) is 4.69. The van der Waals surface area contributed by atoms with Crippen molar-refractivity contribution in [1.29, 1.82) is 0 Å². The summed E-state index contributed by atoms with van der Waals surface area (Å²) in [5.74, 6) is 0.280. The number of nitrogens with zero attached hydrogens (tertiary/aromatic N) is 5. The summed E-state index contributed by atoms with van der Waals surface area (Å²) in [7, 11) is 0. The van der Waals surface area contributed by atoms with Crippen LogP contribution in [0.15, 0.2) is 53.8 Å². The van der Waals surface area contributed by atoms with Crippen LogP contribution in [0.25, 0.3) is 11.5 Å². The van der Waals surface area contributed by atoms with Crippen LogP contribution in [0.1, 0.15) is 34.9 Å². The maximum Gasteiger partial charge on any atom is 0.272 e. The number of likely N-dealkylation sites (tertiary alicyclic amines) is 1. The van der Waals surface area contributed by atoms with Crippen molar-refractivity contribution in [1.82, 2.24) is 29.8 Å². The quantitative estimate of drug-likeness (QED) is 0.759. The van der Waals surface area contributed by atoms with E-state index in [0.29, 0.717) is 36.0 Å². The fourth-order valence-electron chi connectivity index (χ4n) is 3.28. The monoisotopic (exact) mass is 362 g/mol. The minimum Gasteiger partial charge on any atom is -0.337 e. The number of H-pyrrole nitrogens is 1. The lowest BCUT2D eigenvalue weighted by Crippen LogP contribution is -2.39. The van der Waals surface area contributed by atoms with E-state index in [1.54, 1.807) is 47.9 Å². The number of pyridine rings is 1. The molecule has 4 rings (SSSR count). The van der Waals surface area contributed by atoms with Gasteiger partial charge in [-0.1, -0.05) is 6.07 Å². The summed E-state index contributed by atoms with van der Waals surface area (Å²) in [6, 6.07) is 6.79. The number of aromatic nitrogens is 5. The molecule has 1 atom stereocenters. The van der Waals surface area contributed by atoms with Gasteiger partial charge in [-0.05, 0) is 25.0 Å². The average molecular weight is 362 g/mol. The van der Waals surface area contributed by atoms with Gasteiger partial charge in [0.25, 0.3) is 11.5 Å². The Labute approximate surface area is 155 Å². The molecule has 1 fully saturated rings. The molecule has 8 nitrogen and oxygen atoms in total. The highest BCUT2D eigenvalue weighted by Gasteiger charge is 2.27. The number of carbonyl (C=O) groups excluding carboxylic acids is 1. The number of rotatable bonds is 3. The average Bonchev–Trinajstić information content (AvgIpc) is 2.74. The number of hydrogen-bond acceptors (Lipinski definition) is 6. The Hall–Kier alpha value is -3.42. The Morgan fingerprint density at radius 2 is 2.11 bits per heavy atom. The van der Waals surface area contributed by atoms with E-state index in [4.69, 9.17) is 0 Å². The molecule has 136 valence electrons. The molecular weight excluding hydrogens is 344 g/mol. The van der Waals surface area contributed by atoms with Gasteiger partial charge in [-0.15, -0.1) is 0 Å². The zero-order valence-corrected chi connectivity index (χ0v) is 14.6. The molecule has 0 aliphatic carbocycles. The number of aromatic amines is 1. The molecule has 4 heterocycles. The molecule has 0 spiro atoms.